The lowest BCUT2D eigenvalue weighted by Gasteiger charge is -2.33. The van der Waals surface area contributed by atoms with Crippen LogP contribution in [0.4, 0.5) is 11.9 Å². The standard InChI is InChI=1S/C15H26ClN5/c1-4-21(5-2)14-19-12(16)18-13(20-14)17-11-15(3)9-7-6-8-10-15/h4-11H2,1-3H3,(H,17,18,19,20). The van der Waals surface area contributed by atoms with E-state index < -0.39 is 0 Å². The molecule has 0 amide bonds. The van der Waals surface area contributed by atoms with Crippen molar-refractivity contribution in [3.8, 4) is 0 Å². The monoisotopic (exact) mass is 311 g/mol. The molecule has 0 radical (unpaired) electrons. The number of hydrogen-bond donors (Lipinski definition) is 1. The smallest absolute Gasteiger partial charge is 0.231 e. The van der Waals surface area contributed by atoms with Crippen LogP contribution in [0.2, 0.25) is 5.28 Å². The lowest BCUT2D eigenvalue weighted by atomic mass is 9.76. The van der Waals surface area contributed by atoms with Crippen LogP contribution in [0.5, 0.6) is 0 Å². The van der Waals surface area contributed by atoms with E-state index in [1.54, 1.807) is 0 Å². The van der Waals surface area contributed by atoms with Gasteiger partial charge in [0, 0.05) is 19.6 Å². The predicted octanol–water partition coefficient (Wildman–Crippen LogP) is 3.75. The van der Waals surface area contributed by atoms with Crippen LogP contribution in [0.25, 0.3) is 0 Å². The predicted molar refractivity (Wildman–Crippen MR) is 88.1 cm³/mol. The van der Waals surface area contributed by atoms with Gasteiger partial charge < -0.3 is 10.2 Å². The summed E-state index contributed by atoms with van der Waals surface area (Å²) in [6.45, 7) is 9.11. The molecule has 21 heavy (non-hydrogen) atoms. The highest BCUT2D eigenvalue weighted by molar-refractivity contribution is 6.28. The zero-order valence-corrected chi connectivity index (χ0v) is 14.1. The Kier molecular flexibility index (Phi) is 5.62. The molecule has 1 N–H and O–H groups in total. The first kappa shape index (κ1) is 16.3. The number of hydrogen-bond acceptors (Lipinski definition) is 5. The molecule has 1 aliphatic carbocycles. The summed E-state index contributed by atoms with van der Waals surface area (Å²) in [4.78, 5) is 15.0. The van der Waals surface area contributed by atoms with E-state index in [4.69, 9.17) is 11.6 Å². The maximum Gasteiger partial charge on any atom is 0.231 e. The molecule has 1 saturated carbocycles. The molecular formula is C15H26ClN5. The van der Waals surface area contributed by atoms with E-state index >= 15 is 0 Å². The Morgan fingerprint density at radius 1 is 1.10 bits per heavy atom. The molecule has 118 valence electrons. The van der Waals surface area contributed by atoms with Gasteiger partial charge >= 0.3 is 0 Å². The van der Waals surface area contributed by atoms with Gasteiger partial charge in [0.15, 0.2) is 0 Å². The summed E-state index contributed by atoms with van der Waals surface area (Å²) < 4.78 is 0. The molecule has 5 nitrogen and oxygen atoms in total. The Morgan fingerprint density at radius 3 is 2.38 bits per heavy atom. The molecule has 0 aliphatic heterocycles. The van der Waals surface area contributed by atoms with Crippen LogP contribution in [0, 0.1) is 5.41 Å². The van der Waals surface area contributed by atoms with Crippen molar-refractivity contribution in [2.75, 3.05) is 29.9 Å². The van der Waals surface area contributed by atoms with Crippen LogP contribution in [0.3, 0.4) is 0 Å². The van der Waals surface area contributed by atoms with Gasteiger partial charge in [-0.1, -0.05) is 26.2 Å². The molecule has 1 fully saturated rings. The maximum atomic E-state index is 6.04. The second kappa shape index (κ2) is 7.25. The van der Waals surface area contributed by atoms with Crippen LogP contribution < -0.4 is 10.2 Å². The minimum atomic E-state index is 0.253. The van der Waals surface area contributed by atoms with Gasteiger partial charge in [0.2, 0.25) is 17.2 Å². The van der Waals surface area contributed by atoms with Crippen LogP contribution in [-0.2, 0) is 0 Å². The van der Waals surface area contributed by atoms with Crippen molar-refractivity contribution in [1.29, 1.82) is 0 Å². The molecule has 1 aromatic rings. The fourth-order valence-corrected chi connectivity index (χ4v) is 3.10. The maximum absolute atomic E-state index is 6.04. The minimum absolute atomic E-state index is 0.253. The van der Waals surface area contributed by atoms with Crippen molar-refractivity contribution in [2.24, 2.45) is 5.41 Å². The third-order valence-corrected chi connectivity index (χ3v) is 4.55. The van der Waals surface area contributed by atoms with E-state index in [0.717, 1.165) is 19.6 Å². The third-order valence-electron chi connectivity index (χ3n) is 4.38. The molecule has 0 bridgehead atoms. The van der Waals surface area contributed by atoms with Crippen molar-refractivity contribution in [3.63, 3.8) is 0 Å². The zero-order valence-electron chi connectivity index (χ0n) is 13.3. The summed E-state index contributed by atoms with van der Waals surface area (Å²) in [5.74, 6) is 1.24. The van der Waals surface area contributed by atoms with E-state index in [2.05, 4.69) is 45.9 Å². The highest BCUT2D eigenvalue weighted by Crippen LogP contribution is 2.35. The van der Waals surface area contributed by atoms with Crippen molar-refractivity contribution >= 4 is 23.5 Å². The lowest BCUT2D eigenvalue weighted by molar-refractivity contribution is 0.233. The summed E-state index contributed by atoms with van der Waals surface area (Å²) in [6, 6.07) is 0. The molecule has 2 rings (SSSR count). The Morgan fingerprint density at radius 2 is 1.76 bits per heavy atom. The lowest BCUT2D eigenvalue weighted by Crippen LogP contribution is -2.30. The number of aromatic nitrogens is 3. The average molecular weight is 312 g/mol. The number of rotatable bonds is 6. The van der Waals surface area contributed by atoms with E-state index in [9.17, 15) is 0 Å². The fraction of sp³-hybridized carbons (Fsp3) is 0.800. The van der Waals surface area contributed by atoms with Crippen LogP contribution in [0.1, 0.15) is 52.9 Å². The van der Waals surface area contributed by atoms with Crippen molar-refractivity contribution in [2.45, 2.75) is 52.9 Å². The molecular weight excluding hydrogens is 286 g/mol. The molecule has 0 atom stereocenters. The normalized spacial score (nSPS) is 17.5. The molecule has 0 spiro atoms. The van der Waals surface area contributed by atoms with E-state index in [0.29, 0.717) is 17.3 Å². The topological polar surface area (TPSA) is 53.9 Å². The Balaban J connectivity index is 2.05. The molecule has 0 unspecified atom stereocenters. The molecule has 1 aromatic heterocycles. The fourth-order valence-electron chi connectivity index (χ4n) is 2.94. The van der Waals surface area contributed by atoms with Crippen molar-refractivity contribution in [3.05, 3.63) is 5.28 Å². The molecule has 0 aromatic carbocycles. The minimum Gasteiger partial charge on any atom is -0.353 e. The summed E-state index contributed by atoms with van der Waals surface area (Å²) in [7, 11) is 0. The number of anilines is 2. The van der Waals surface area contributed by atoms with Gasteiger partial charge in [-0.05, 0) is 43.7 Å². The van der Waals surface area contributed by atoms with E-state index in [1.165, 1.54) is 32.1 Å². The molecule has 1 heterocycles. The van der Waals surface area contributed by atoms with Gasteiger partial charge in [-0.3, -0.25) is 0 Å². The number of nitrogens with zero attached hydrogens (tertiary/aromatic N) is 4. The summed E-state index contributed by atoms with van der Waals surface area (Å²) in [6.07, 6.45) is 6.53. The Labute approximate surface area is 132 Å². The number of halogens is 1. The van der Waals surface area contributed by atoms with E-state index in [-0.39, 0.29) is 5.28 Å². The van der Waals surface area contributed by atoms with Gasteiger partial charge in [0.25, 0.3) is 0 Å². The molecule has 0 saturated heterocycles. The first-order valence-corrected chi connectivity index (χ1v) is 8.34. The van der Waals surface area contributed by atoms with Gasteiger partial charge in [-0.2, -0.15) is 15.0 Å². The Hall–Kier alpha value is -1.10. The molecule has 1 aliphatic rings. The van der Waals surface area contributed by atoms with Crippen LogP contribution in [-0.4, -0.2) is 34.6 Å². The van der Waals surface area contributed by atoms with Crippen LogP contribution in [0.15, 0.2) is 0 Å². The Bertz CT molecular complexity index is 455. The van der Waals surface area contributed by atoms with Gasteiger partial charge in [-0.25, -0.2) is 0 Å². The first-order chi connectivity index (χ1) is 10.1. The highest BCUT2D eigenvalue weighted by atomic mass is 35.5. The third kappa shape index (κ3) is 4.43. The first-order valence-electron chi connectivity index (χ1n) is 7.97. The summed E-state index contributed by atoms with van der Waals surface area (Å²) in [5.41, 5.74) is 0.340. The average Bonchev–Trinajstić information content (AvgIpc) is 2.47. The second-order valence-corrected chi connectivity index (χ2v) is 6.46. The van der Waals surface area contributed by atoms with Crippen LogP contribution >= 0.6 is 11.6 Å². The highest BCUT2D eigenvalue weighted by Gasteiger charge is 2.26. The van der Waals surface area contributed by atoms with Gasteiger partial charge in [-0.15, -0.1) is 0 Å². The van der Waals surface area contributed by atoms with Gasteiger partial charge in [0.05, 0.1) is 0 Å². The second-order valence-electron chi connectivity index (χ2n) is 6.13. The molecule has 6 heteroatoms. The number of nitrogens with one attached hydrogen (secondary N) is 1. The van der Waals surface area contributed by atoms with Crippen molar-refractivity contribution < 1.29 is 0 Å². The SMILES string of the molecule is CCN(CC)c1nc(Cl)nc(NCC2(C)CCCCC2)n1. The van der Waals surface area contributed by atoms with E-state index in [1.807, 2.05) is 0 Å². The summed E-state index contributed by atoms with van der Waals surface area (Å²) in [5, 5.41) is 3.62. The van der Waals surface area contributed by atoms with Gasteiger partial charge in [0.1, 0.15) is 0 Å². The summed E-state index contributed by atoms with van der Waals surface area (Å²) >= 11 is 6.04. The van der Waals surface area contributed by atoms with Crippen molar-refractivity contribution in [1.82, 2.24) is 15.0 Å². The quantitative estimate of drug-likeness (QED) is 0.867. The zero-order chi connectivity index (χ0) is 15.3. The largest absolute Gasteiger partial charge is 0.353 e.